The van der Waals surface area contributed by atoms with Crippen LogP contribution in [-0.2, 0) is 0 Å². The Morgan fingerprint density at radius 3 is 2.45 bits per heavy atom. The molecule has 2 heterocycles. The first-order chi connectivity index (χ1) is 9.88. The molecule has 0 bridgehead atoms. The highest BCUT2D eigenvalue weighted by Gasteiger charge is 2.13. The van der Waals surface area contributed by atoms with E-state index in [9.17, 15) is 0 Å². The van der Waals surface area contributed by atoms with Crippen LogP contribution in [0.5, 0.6) is 0 Å². The summed E-state index contributed by atoms with van der Waals surface area (Å²) < 4.78 is 3.66. The number of benzene rings is 2. The molecule has 0 aliphatic rings. The van der Waals surface area contributed by atoms with Gasteiger partial charge in [-0.2, -0.15) is 0 Å². The smallest absolute Gasteiger partial charge is 0.0655 e. The third-order valence-corrected chi connectivity index (χ3v) is 4.73. The fourth-order valence-electron chi connectivity index (χ4n) is 2.71. The first kappa shape index (κ1) is 11.5. The van der Waals surface area contributed by atoms with E-state index in [4.69, 9.17) is 0 Å². The van der Waals surface area contributed by atoms with Gasteiger partial charge in [0, 0.05) is 16.0 Å². The number of para-hydroxylation sites is 2. The first-order valence-electron chi connectivity index (χ1n) is 6.59. The summed E-state index contributed by atoms with van der Waals surface area (Å²) in [7, 11) is 0. The van der Waals surface area contributed by atoms with Crippen molar-refractivity contribution in [3.8, 4) is 5.69 Å². The van der Waals surface area contributed by atoms with E-state index in [1.54, 1.807) is 11.3 Å². The Bertz CT molecular complexity index is 913. The van der Waals surface area contributed by atoms with Crippen LogP contribution in [0, 0.1) is 0 Å². The largest absolute Gasteiger partial charge is 0.308 e. The van der Waals surface area contributed by atoms with Gasteiger partial charge < -0.3 is 4.57 Å². The van der Waals surface area contributed by atoms with Gasteiger partial charge in [-0.1, -0.05) is 49.1 Å². The molecule has 0 saturated carbocycles. The number of nitrogens with zero attached hydrogens (tertiary/aromatic N) is 1. The van der Waals surface area contributed by atoms with Crippen LogP contribution in [0.3, 0.4) is 0 Å². The zero-order valence-electron chi connectivity index (χ0n) is 10.9. The molecule has 2 heteroatoms. The van der Waals surface area contributed by atoms with Crippen molar-refractivity contribution < 1.29 is 0 Å². The molecular formula is C18H13NS. The van der Waals surface area contributed by atoms with Crippen molar-refractivity contribution in [2.45, 2.75) is 0 Å². The number of thiophene rings is 1. The maximum absolute atomic E-state index is 3.89. The number of aromatic nitrogens is 1. The zero-order chi connectivity index (χ0) is 13.5. The molecule has 0 amide bonds. The predicted molar refractivity (Wildman–Crippen MR) is 88.7 cm³/mol. The molecule has 96 valence electrons. The van der Waals surface area contributed by atoms with Gasteiger partial charge in [-0.05, 0) is 24.3 Å². The van der Waals surface area contributed by atoms with E-state index in [1.165, 1.54) is 31.7 Å². The van der Waals surface area contributed by atoms with Crippen molar-refractivity contribution in [2.24, 2.45) is 0 Å². The molecule has 0 fully saturated rings. The normalized spacial score (nSPS) is 11.2. The molecule has 1 nitrogen and oxygen atoms in total. The quantitative estimate of drug-likeness (QED) is 0.456. The van der Waals surface area contributed by atoms with Crippen molar-refractivity contribution >= 4 is 38.5 Å². The van der Waals surface area contributed by atoms with Crippen LogP contribution in [0.25, 0.3) is 32.9 Å². The van der Waals surface area contributed by atoms with E-state index in [1.807, 2.05) is 6.08 Å². The van der Waals surface area contributed by atoms with Crippen molar-refractivity contribution in [3.05, 3.63) is 72.1 Å². The summed E-state index contributed by atoms with van der Waals surface area (Å²) in [5.74, 6) is 0. The molecule has 4 rings (SSSR count). The molecule has 20 heavy (non-hydrogen) atoms. The lowest BCUT2D eigenvalue weighted by Crippen LogP contribution is -1.92. The van der Waals surface area contributed by atoms with Crippen LogP contribution in [0.15, 0.2) is 67.2 Å². The van der Waals surface area contributed by atoms with Gasteiger partial charge in [-0.25, -0.2) is 0 Å². The molecule has 0 unspecified atom stereocenters. The SMILES string of the molecule is C=Cc1cc2c(s1)c1ccccc1n2-c1ccccc1. The number of fused-ring (bicyclic) bond motifs is 3. The summed E-state index contributed by atoms with van der Waals surface area (Å²) in [4.78, 5) is 1.21. The van der Waals surface area contributed by atoms with Gasteiger partial charge in [-0.15, -0.1) is 11.3 Å². The van der Waals surface area contributed by atoms with Gasteiger partial charge in [0.1, 0.15) is 0 Å². The minimum Gasteiger partial charge on any atom is -0.308 e. The molecule has 2 aromatic carbocycles. The lowest BCUT2D eigenvalue weighted by Gasteiger charge is -2.06. The zero-order valence-corrected chi connectivity index (χ0v) is 11.7. The fourth-order valence-corrected chi connectivity index (χ4v) is 3.73. The molecule has 0 spiro atoms. The Labute approximate surface area is 121 Å². The Hall–Kier alpha value is -2.32. The summed E-state index contributed by atoms with van der Waals surface area (Å²) in [5, 5.41) is 1.31. The lowest BCUT2D eigenvalue weighted by atomic mass is 10.2. The molecule has 0 saturated heterocycles. The van der Waals surface area contributed by atoms with Crippen molar-refractivity contribution in [2.75, 3.05) is 0 Å². The van der Waals surface area contributed by atoms with Gasteiger partial charge in [0.05, 0.1) is 15.7 Å². The van der Waals surface area contributed by atoms with E-state index in [0.717, 1.165) is 0 Å². The highest BCUT2D eigenvalue weighted by molar-refractivity contribution is 7.20. The summed E-state index contributed by atoms with van der Waals surface area (Å²) in [6.45, 7) is 3.89. The van der Waals surface area contributed by atoms with Crippen LogP contribution in [0.2, 0.25) is 0 Å². The van der Waals surface area contributed by atoms with Crippen LogP contribution in [0.4, 0.5) is 0 Å². The Morgan fingerprint density at radius 1 is 0.900 bits per heavy atom. The number of hydrogen-bond acceptors (Lipinski definition) is 1. The van der Waals surface area contributed by atoms with Crippen molar-refractivity contribution in [1.29, 1.82) is 0 Å². The van der Waals surface area contributed by atoms with Gasteiger partial charge in [0.2, 0.25) is 0 Å². The van der Waals surface area contributed by atoms with Crippen LogP contribution in [-0.4, -0.2) is 4.57 Å². The average molecular weight is 275 g/mol. The first-order valence-corrected chi connectivity index (χ1v) is 7.41. The van der Waals surface area contributed by atoms with Crippen LogP contribution in [0.1, 0.15) is 4.88 Å². The van der Waals surface area contributed by atoms with E-state index in [0.29, 0.717) is 0 Å². The Kier molecular flexibility index (Phi) is 2.51. The summed E-state index contributed by atoms with van der Waals surface area (Å²) in [6.07, 6.45) is 1.93. The molecule has 0 atom stereocenters. The topological polar surface area (TPSA) is 4.93 Å². The molecule has 0 radical (unpaired) electrons. The third-order valence-electron chi connectivity index (χ3n) is 3.58. The molecular weight excluding hydrogens is 262 g/mol. The number of rotatable bonds is 2. The molecule has 2 aromatic heterocycles. The van der Waals surface area contributed by atoms with Gasteiger partial charge in [0.15, 0.2) is 0 Å². The van der Waals surface area contributed by atoms with Crippen LogP contribution >= 0.6 is 11.3 Å². The average Bonchev–Trinajstić information content (AvgIpc) is 3.04. The minimum atomic E-state index is 1.20. The monoisotopic (exact) mass is 275 g/mol. The maximum Gasteiger partial charge on any atom is 0.0655 e. The van der Waals surface area contributed by atoms with Gasteiger partial charge in [0.25, 0.3) is 0 Å². The molecule has 0 aliphatic carbocycles. The van der Waals surface area contributed by atoms with Crippen molar-refractivity contribution in [1.82, 2.24) is 4.57 Å². The standard InChI is InChI=1S/C18H13NS/c1-2-14-12-17-18(20-14)15-10-6-7-11-16(15)19(17)13-8-4-3-5-9-13/h2-12H,1H2. The molecule has 4 aromatic rings. The number of hydrogen-bond donors (Lipinski definition) is 0. The van der Waals surface area contributed by atoms with Crippen molar-refractivity contribution in [3.63, 3.8) is 0 Å². The molecule has 0 aliphatic heterocycles. The Morgan fingerprint density at radius 2 is 1.65 bits per heavy atom. The van der Waals surface area contributed by atoms with E-state index >= 15 is 0 Å². The predicted octanol–water partition coefficient (Wildman–Crippen LogP) is 5.49. The molecule has 0 N–H and O–H groups in total. The van der Waals surface area contributed by atoms with E-state index in [2.05, 4.69) is 71.8 Å². The summed E-state index contributed by atoms with van der Waals surface area (Å²) in [6, 6.07) is 21.3. The third kappa shape index (κ3) is 1.55. The van der Waals surface area contributed by atoms with Crippen LogP contribution < -0.4 is 0 Å². The Balaban J connectivity index is 2.20. The second kappa shape index (κ2) is 4.36. The highest BCUT2D eigenvalue weighted by Crippen LogP contribution is 2.37. The summed E-state index contributed by atoms with van der Waals surface area (Å²) in [5.41, 5.74) is 3.72. The van der Waals surface area contributed by atoms with Gasteiger partial charge >= 0.3 is 0 Å². The maximum atomic E-state index is 3.89. The second-order valence-corrected chi connectivity index (χ2v) is 5.84. The minimum absolute atomic E-state index is 1.20. The second-order valence-electron chi connectivity index (χ2n) is 4.76. The fraction of sp³-hybridized carbons (Fsp3) is 0. The summed E-state index contributed by atoms with van der Waals surface area (Å²) >= 11 is 1.80. The van der Waals surface area contributed by atoms with E-state index < -0.39 is 0 Å². The highest BCUT2D eigenvalue weighted by atomic mass is 32.1. The van der Waals surface area contributed by atoms with E-state index in [-0.39, 0.29) is 0 Å². The lowest BCUT2D eigenvalue weighted by molar-refractivity contribution is 1.18. The van der Waals surface area contributed by atoms with Gasteiger partial charge in [-0.3, -0.25) is 0 Å².